The molecule has 0 aromatic carbocycles. The van der Waals surface area contributed by atoms with Crippen LogP contribution >= 0.6 is 11.3 Å². The SMILES string of the molecule is Cc1cscc1CN1CC(=O)N2CCCC2C1=O. The molecular formula is C13H16N2O2S. The fourth-order valence-electron chi connectivity index (χ4n) is 2.75. The molecule has 1 aromatic heterocycles. The number of thiophene rings is 1. The van der Waals surface area contributed by atoms with Gasteiger partial charge in [0, 0.05) is 13.1 Å². The number of hydrogen-bond donors (Lipinski definition) is 0. The Morgan fingerprint density at radius 2 is 2.22 bits per heavy atom. The maximum Gasteiger partial charge on any atom is 0.246 e. The molecule has 1 aromatic rings. The Morgan fingerprint density at radius 3 is 2.94 bits per heavy atom. The van der Waals surface area contributed by atoms with Crippen molar-refractivity contribution in [1.29, 1.82) is 0 Å². The molecule has 3 rings (SSSR count). The summed E-state index contributed by atoms with van der Waals surface area (Å²) in [5.74, 6) is 0.225. The van der Waals surface area contributed by atoms with E-state index in [1.54, 1.807) is 21.1 Å². The summed E-state index contributed by atoms with van der Waals surface area (Å²) in [5, 5.41) is 4.14. The Balaban J connectivity index is 1.79. The summed E-state index contributed by atoms with van der Waals surface area (Å²) in [5.41, 5.74) is 2.36. The van der Waals surface area contributed by atoms with Gasteiger partial charge < -0.3 is 9.80 Å². The number of carbonyl (C=O) groups is 2. The number of fused-ring (bicyclic) bond motifs is 1. The van der Waals surface area contributed by atoms with Crippen LogP contribution in [0.2, 0.25) is 0 Å². The molecule has 2 aliphatic rings. The zero-order chi connectivity index (χ0) is 12.7. The minimum atomic E-state index is -0.190. The van der Waals surface area contributed by atoms with Crippen LogP contribution in [0.4, 0.5) is 0 Å². The average Bonchev–Trinajstić information content (AvgIpc) is 2.96. The predicted octanol–water partition coefficient (Wildman–Crippen LogP) is 1.39. The van der Waals surface area contributed by atoms with Gasteiger partial charge in [0.15, 0.2) is 0 Å². The maximum absolute atomic E-state index is 12.3. The van der Waals surface area contributed by atoms with Crippen molar-refractivity contribution in [3.05, 3.63) is 21.9 Å². The standard InChI is InChI=1S/C13H16N2O2S/c1-9-7-18-8-10(9)5-14-6-12(16)15-4-2-3-11(15)13(14)17/h7-8,11H,2-6H2,1H3. The number of hydrogen-bond acceptors (Lipinski definition) is 3. The van der Waals surface area contributed by atoms with Gasteiger partial charge in [-0.15, -0.1) is 0 Å². The van der Waals surface area contributed by atoms with Crippen LogP contribution in [0.25, 0.3) is 0 Å². The highest BCUT2D eigenvalue weighted by Crippen LogP contribution is 2.25. The lowest BCUT2D eigenvalue weighted by Gasteiger charge is -2.36. The third-order valence-corrected chi connectivity index (χ3v) is 4.73. The van der Waals surface area contributed by atoms with Gasteiger partial charge in [-0.1, -0.05) is 0 Å². The number of aryl methyl sites for hydroxylation is 1. The molecule has 0 spiro atoms. The summed E-state index contributed by atoms with van der Waals surface area (Å²) in [6.45, 7) is 3.61. The van der Waals surface area contributed by atoms with E-state index in [1.165, 1.54) is 5.56 Å². The fraction of sp³-hybridized carbons (Fsp3) is 0.538. The molecule has 1 unspecified atom stereocenters. The molecule has 0 saturated carbocycles. The van der Waals surface area contributed by atoms with Gasteiger partial charge in [0.2, 0.25) is 11.8 Å². The van der Waals surface area contributed by atoms with Gasteiger partial charge >= 0.3 is 0 Å². The van der Waals surface area contributed by atoms with Crippen molar-refractivity contribution in [3.8, 4) is 0 Å². The van der Waals surface area contributed by atoms with Gasteiger partial charge in [0.05, 0.1) is 0 Å². The zero-order valence-electron chi connectivity index (χ0n) is 10.4. The molecule has 0 bridgehead atoms. The first-order valence-corrected chi connectivity index (χ1v) is 7.21. The van der Waals surface area contributed by atoms with E-state index in [0.717, 1.165) is 24.9 Å². The van der Waals surface area contributed by atoms with Crippen molar-refractivity contribution in [1.82, 2.24) is 9.80 Å². The zero-order valence-corrected chi connectivity index (χ0v) is 11.2. The summed E-state index contributed by atoms with van der Waals surface area (Å²) in [4.78, 5) is 27.8. The predicted molar refractivity (Wildman–Crippen MR) is 69.2 cm³/mol. The first-order chi connectivity index (χ1) is 8.66. The number of nitrogens with zero attached hydrogens (tertiary/aromatic N) is 2. The van der Waals surface area contributed by atoms with Crippen LogP contribution in [0.5, 0.6) is 0 Å². The largest absolute Gasteiger partial charge is 0.329 e. The van der Waals surface area contributed by atoms with Crippen molar-refractivity contribution in [2.45, 2.75) is 32.4 Å². The summed E-state index contributed by atoms with van der Waals surface area (Å²) < 4.78 is 0. The molecule has 2 fully saturated rings. The third kappa shape index (κ3) is 1.82. The van der Waals surface area contributed by atoms with E-state index in [4.69, 9.17) is 0 Å². The minimum Gasteiger partial charge on any atom is -0.329 e. The van der Waals surface area contributed by atoms with E-state index in [0.29, 0.717) is 6.54 Å². The molecule has 4 nitrogen and oxygen atoms in total. The first kappa shape index (κ1) is 11.7. The quantitative estimate of drug-likeness (QED) is 0.810. The van der Waals surface area contributed by atoms with E-state index in [2.05, 4.69) is 10.8 Å². The lowest BCUT2D eigenvalue weighted by molar-refractivity contribution is -0.154. The van der Waals surface area contributed by atoms with Crippen LogP contribution < -0.4 is 0 Å². The summed E-state index contributed by atoms with van der Waals surface area (Å²) >= 11 is 1.64. The molecular weight excluding hydrogens is 248 g/mol. The molecule has 2 amide bonds. The lowest BCUT2D eigenvalue weighted by atomic mass is 10.1. The highest BCUT2D eigenvalue weighted by Gasteiger charge is 2.41. The Hall–Kier alpha value is -1.36. The second kappa shape index (κ2) is 4.39. The number of piperazine rings is 1. The van der Waals surface area contributed by atoms with Gasteiger partial charge in [0.1, 0.15) is 12.6 Å². The monoisotopic (exact) mass is 264 g/mol. The normalized spacial score (nSPS) is 23.7. The van der Waals surface area contributed by atoms with Gasteiger partial charge in [0.25, 0.3) is 0 Å². The third-order valence-electron chi connectivity index (χ3n) is 3.82. The molecule has 5 heteroatoms. The Morgan fingerprint density at radius 1 is 1.39 bits per heavy atom. The van der Waals surface area contributed by atoms with Crippen LogP contribution in [0.1, 0.15) is 24.0 Å². The molecule has 2 saturated heterocycles. The second-order valence-electron chi connectivity index (χ2n) is 5.02. The van der Waals surface area contributed by atoms with Gasteiger partial charge in [-0.2, -0.15) is 11.3 Å². The van der Waals surface area contributed by atoms with Crippen molar-refractivity contribution in [2.75, 3.05) is 13.1 Å². The molecule has 2 aliphatic heterocycles. The van der Waals surface area contributed by atoms with E-state index in [-0.39, 0.29) is 24.4 Å². The molecule has 1 atom stereocenters. The molecule has 0 aliphatic carbocycles. The van der Waals surface area contributed by atoms with E-state index < -0.39 is 0 Å². The van der Waals surface area contributed by atoms with Gasteiger partial charge in [-0.25, -0.2) is 0 Å². The molecule has 18 heavy (non-hydrogen) atoms. The number of carbonyl (C=O) groups excluding carboxylic acids is 2. The van der Waals surface area contributed by atoms with E-state index >= 15 is 0 Å². The Kier molecular flexibility index (Phi) is 2.86. The van der Waals surface area contributed by atoms with Crippen molar-refractivity contribution >= 4 is 23.2 Å². The molecule has 0 N–H and O–H groups in total. The summed E-state index contributed by atoms with van der Waals surface area (Å²) in [6.07, 6.45) is 1.77. The van der Waals surface area contributed by atoms with Crippen LogP contribution in [0.3, 0.4) is 0 Å². The van der Waals surface area contributed by atoms with Gasteiger partial charge in [-0.3, -0.25) is 9.59 Å². The number of rotatable bonds is 2. The van der Waals surface area contributed by atoms with Crippen molar-refractivity contribution < 1.29 is 9.59 Å². The van der Waals surface area contributed by atoms with Crippen molar-refractivity contribution in [2.24, 2.45) is 0 Å². The first-order valence-electron chi connectivity index (χ1n) is 6.27. The smallest absolute Gasteiger partial charge is 0.246 e. The minimum absolute atomic E-state index is 0.102. The summed E-state index contributed by atoms with van der Waals surface area (Å²) in [7, 11) is 0. The summed E-state index contributed by atoms with van der Waals surface area (Å²) in [6, 6.07) is -0.190. The highest BCUT2D eigenvalue weighted by molar-refractivity contribution is 7.08. The van der Waals surface area contributed by atoms with Crippen LogP contribution in [0.15, 0.2) is 10.8 Å². The molecule has 0 radical (unpaired) electrons. The molecule has 3 heterocycles. The Labute approximate surface area is 110 Å². The lowest BCUT2D eigenvalue weighted by Crippen LogP contribution is -2.56. The average molecular weight is 264 g/mol. The van der Waals surface area contributed by atoms with Crippen LogP contribution in [-0.4, -0.2) is 40.7 Å². The van der Waals surface area contributed by atoms with E-state index in [1.807, 2.05) is 6.92 Å². The van der Waals surface area contributed by atoms with Gasteiger partial charge in [-0.05, 0) is 41.7 Å². The van der Waals surface area contributed by atoms with E-state index in [9.17, 15) is 9.59 Å². The number of amides is 2. The highest BCUT2D eigenvalue weighted by atomic mass is 32.1. The van der Waals surface area contributed by atoms with Crippen LogP contribution in [0, 0.1) is 6.92 Å². The molecule has 96 valence electrons. The topological polar surface area (TPSA) is 40.6 Å². The Bertz CT molecular complexity index is 497. The maximum atomic E-state index is 12.3. The van der Waals surface area contributed by atoms with Crippen LogP contribution in [-0.2, 0) is 16.1 Å². The second-order valence-corrected chi connectivity index (χ2v) is 5.76. The fourth-order valence-corrected chi connectivity index (χ4v) is 3.60. The van der Waals surface area contributed by atoms with Crippen molar-refractivity contribution in [3.63, 3.8) is 0 Å².